The maximum atomic E-state index is 12.6. The number of hydrogen-bond donors (Lipinski definition) is 2. The summed E-state index contributed by atoms with van der Waals surface area (Å²) >= 11 is 12.8. The highest BCUT2D eigenvalue weighted by Crippen LogP contribution is 2.35. The third-order valence-electron chi connectivity index (χ3n) is 4.81. The van der Waals surface area contributed by atoms with E-state index in [2.05, 4.69) is 42.5 Å². The molecule has 0 saturated heterocycles. The molecule has 37 heavy (non-hydrogen) atoms. The Kier molecular flexibility index (Phi) is 9.41. The molecule has 0 unspecified atom stereocenters. The van der Waals surface area contributed by atoms with Crippen molar-refractivity contribution in [2.24, 2.45) is 0 Å². The van der Waals surface area contributed by atoms with Gasteiger partial charge in [0.25, 0.3) is 17.5 Å². The van der Waals surface area contributed by atoms with Crippen molar-refractivity contribution >= 4 is 78.4 Å². The molecule has 9 nitrogen and oxygen atoms in total. The van der Waals surface area contributed by atoms with E-state index in [4.69, 9.17) is 16.3 Å². The number of aryl methyl sites for hydroxylation is 1. The number of rotatable bonds is 8. The number of halogens is 3. The molecule has 0 bridgehead atoms. The fourth-order valence-corrected chi connectivity index (χ4v) is 4.65. The number of nitrogens with zero attached hydrogens (tertiary/aromatic N) is 2. The molecule has 0 saturated carbocycles. The quantitative estimate of drug-likeness (QED) is 0.122. The van der Waals surface area contributed by atoms with Crippen LogP contribution in [0.25, 0.3) is 6.08 Å². The van der Waals surface area contributed by atoms with E-state index in [1.165, 1.54) is 30.3 Å². The van der Waals surface area contributed by atoms with Crippen molar-refractivity contribution in [3.63, 3.8) is 0 Å². The van der Waals surface area contributed by atoms with Gasteiger partial charge in [0.2, 0.25) is 0 Å². The zero-order chi connectivity index (χ0) is 27.1. The fraction of sp³-hybridized carbons (Fsp3) is 0.0800. The highest BCUT2D eigenvalue weighted by Gasteiger charge is 2.15. The molecule has 0 fully saturated rings. The number of nitrogens with one attached hydrogen (secondary N) is 2. The summed E-state index contributed by atoms with van der Waals surface area (Å²) in [5, 5.41) is 26.1. The standard InChI is InChI=1S/C25H17Br2ClN4O5/c1-14-5-6-18(11-22(14)28)30-23(33)13-37-24-20(26)8-15(9-21(24)27)7-16(12-29)25(34)31-17-3-2-4-19(10-17)32(35)36/h2-11H,13H2,1H3,(H,30,33)(H,31,34)/b16-7-. The van der Waals surface area contributed by atoms with Crippen LogP contribution in [0.1, 0.15) is 11.1 Å². The minimum atomic E-state index is -0.733. The van der Waals surface area contributed by atoms with Gasteiger partial charge in [0, 0.05) is 28.5 Å². The largest absolute Gasteiger partial charge is 0.481 e. The molecule has 0 radical (unpaired) electrons. The molecule has 0 atom stereocenters. The van der Waals surface area contributed by atoms with Crippen LogP contribution in [0.3, 0.4) is 0 Å². The molecule has 2 amide bonds. The summed E-state index contributed by atoms with van der Waals surface area (Å²) in [4.78, 5) is 35.2. The average Bonchev–Trinajstić information content (AvgIpc) is 2.84. The topological polar surface area (TPSA) is 134 Å². The summed E-state index contributed by atoms with van der Waals surface area (Å²) in [6, 6.07) is 15.6. The lowest BCUT2D eigenvalue weighted by molar-refractivity contribution is -0.384. The van der Waals surface area contributed by atoms with Gasteiger partial charge in [-0.25, -0.2) is 0 Å². The van der Waals surface area contributed by atoms with Gasteiger partial charge in [0.1, 0.15) is 17.4 Å². The Morgan fingerprint density at radius 3 is 2.41 bits per heavy atom. The number of hydrogen-bond acceptors (Lipinski definition) is 6. The molecule has 188 valence electrons. The minimum Gasteiger partial charge on any atom is -0.481 e. The molecule has 0 aliphatic heterocycles. The molecular weight excluding hydrogens is 632 g/mol. The summed E-state index contributed by atoms with van der Waals surface area (Å²) in [5.41, 5.74) is 1.66. The molecule has 3 aromatic carbocycles. The van der Waals surface area contributed by atoms with Crippen LogP contribution in [-0.4, -0.2) is 23.3 Å². The van der Waals surface area contributed by atoms with Crippen molar-refractivity contribution in [1.82, 2.24) is 0 Å². The number of carbonyl (C=O) groups is 2. The van der Waals surface area contributed by atoms with Crippen LogP contribution in [-0.2, 0) is 9.59 Å². The molecule has 12 heteroatoms. The van der Waals surface area contributed by atoms with Crippen LogP contribution >= 0.6 is 43.5 Å². The third-order valence-corrected chi connectivity index (χ3v) is 6.40. The maximum Gasteiger partial charge on any atom is 0.271 e. The Morgan fingerprint density at radius 2 is 1.78 bits per heavy atom. The van der Waals surface area contributed by atoms with Crippen LogP contribution < -0.4 is 15.4 Å². The number of anilines is 2. The van der Waals surface area contributed by atoms with Gasteiger partial charge >= 0.3 is 0 Å². The fourth-order valence-electron chi connectivity index (χ4n) is 3.02. The van der Waals surface area contributed by atoms with Crippen molar-refractivity contribution in [1.29, 1.82) is 5.26 Å². The summed E-state index contributed by atoms with van der Waals surface area (Å²) in [6.07, 6.45) is 1.35. The second-order valence-corrected chi connectivity index (χ2v) is 9.66. The Balaban J connectivity index is 1.70. The van der Waals surface area contributed by atoms with E-state index >= 15 is 0 Å². The van der Waals surface area contributed by atoms with Crippen LogP contribution in [0.15, 0.2) is 69.1 Å². The van der Waals surface area contributed by atoms with Gasteiger partial charge in [-0.05, 0) is 86.3 Å². The summed E-state index contributed by atoms with van der Waals surface area (Å²) in [6.45, 7) is 1.57. The zero-order valence-corrected chi connectivity index (χ0v) is 23.0. The first-order chi connectivity index (χ1) is 17.6. The predicted molar refractivity (Wildman–Crippen MR) is 147 cm³/mol. The molecule has 0 aliphatic carbocycles. The Bertz CT molecular complexity index is 1450. The average molecular weight is 649 g/mol. The van der Waals surface area contributed by atoms with E-state index in [1.807, 2.05) is 13.0 Å². The molecule has 2 N–H and O–H groups in total. The SMILES string of the molecule is Cc1ccc(NC(=O)COc2c(Br)cc(/C=C(/C#N)C(=O)Nc3cccc([N+](=O)[O-])c3)cc2Br)cc1Cl. The number of benzene rings is 3. The van der Waals surface area contributed by atoms with Gasteiger partial charge in [-0.3, -0.25) is 19.7 Å². The number of nitro groups is 1. The van der Waals surface area contributed by atoms with Crippen LogP contribution in [0.2, 0.25) is 5.02 Å². The third kappa shape index (κ3) is 7.63. The Labute approximate surface area is 233 Å². The molecule has 3 aromatic rings. The summed E-state index contributed by atoms with van der Waals surface area (Å²) in [7, 11) is 0. The second kappa shape index (κ2) is 12.5. The van der Waals surface area contributed by atoms with Crippen LogP contribution in [0, 0.1) is 28.4 Å². The van der Waals surface area contributed by atoms with Crippen molar-refractivity contribution in [2.75, 3.05) is 17.2 Å². The van der Waals surface area contributed by atoms with Crippen molar-refractivity contribution in [3.05, 3.63) is 95.4 Å². The number of carbonyl (C=O) groups excluding carboxylic acids is 2. The van der Waals surface area contributed by atoms with Gasteiger partial charge in [-0.1, -0.05) is 23.7 Å². The van der Waals surface area contributed by atoms with E-state index in [9.17, 15) is 25.0 Å². The summed E-state index contributed by atoms with van der Waals surface area (Å²) < 4.78 is 6.58. The van der Waals surface area contributed by atoms with Gasteiger partial charge in [-0.15, -0.1) is 0 Å². The van der Waals surface area contributed by atoms with E-state index in [1.54, 1.807) is 30.3 Å². The molecule has 0 aliphatic rings. The Hall–Kier alpha value is -3.72. The van der Waals surface area contributed by atoms with Gasteiger partial charge < -0.3 is 15.4 Å². The van der Waals surface area contributed by atoms with Gasteiger partial charge in [-0.2, -0.15) is 5.26 Å². The lowest BCUT2D eigenvalue weighted by atomic mass is 10.1. The molecular formula is C25H17Br2ClN4O5. The van der Waals surface area contributed by atoms with Crippen LogP contribution in [0.5, 0.6) is 5.75 Å². The van der Waals surface area contributed by atoms with E-state index in [0.717, 1.165) is 5.56 Å². The van der Waals surface area contributed by atoms with Crippen molar-refractivity contribution in [2.45, 2.75) is 6.92 Å². The van der Waals surface area contributed by atoms with Gasteiger partial charge in [0.05, 0.1) is 13.9 Å². The first kappa shape index (κ1) is 27.9. The van der Waals surface area contributed by atoms with E-state index in [0.29, 0.717) is 31.0 Å². The maximum absolute atomic E-state index is 12.6. The number of nitriles is 1. The summed E-state index contributed by atoms with van der Waals surface area (Å²) in [5.74, 6) is -0.787. The first-order valence-corrected chi connectivity index (χ1v) is 12.4. The lowest BCUT2D eigenvalue weighted by Crippen LogP contribution is -2.20. The van der Waals surface area contributed by atoms with E-state index in [-0.39, 0.29) is 23.6 Å². The second-order valence-electron chi connectivity index (χ2n) is 7.55. The number of ether oxygens (including phenoxy) is 1. The lowest BCUT2D eigenvalue weighted by Gasteiger charge is -2.12. The van der Waals surface area contributed by atoms with Crippen molar-refractivity contribution < 1.29 is 19.2 Å². The Morgan fingerprint density at radius 1 is 1.11 bits per heavy atom. The van der Waals surface area contributed by atoms with E-state index < -0.39 is 16.7 Å². The highest BCUT2D eigenvalue weighted by atomic mass is 79.9. The normalized spacial score (nSPS) is 10.8. The smallest absolute Gasteiger partial charge is 0.271 e. The first-order valence-electron chi connectivity index (χ1n) is 10.4. The molecule has 0 aromatic heterocycles. The van der Waals surface area contributed by atoms with Gasteiger partial charge in [0.15, 0.2) is 6.61 Å². The van der Waals surface area contributed by atoms with Crippen molar-refractivity contribution in [3.8, 4) is 11.8 Å². The minimum absolute atomic E-state index is 0.178. The molecule has 0 heterocycles. The molecule has 3 rings (SSSR count). The van der Waals surface area contributed by atoms with Crippen LogP contribution in [0.4, 0.5) is 17.1 Å². The highest BCUT2D eigenvalue weighted by molar-refractivity contribution is 9.11. The zero-order valence-electron chi connectivity index (χ0n) is 19.1. The molecule has 0 spiro atoms. The number of nitro benzene ring substituents is 1. The monoisotopic (exact) mass is 646 g/mol. The number of amides is 2. The number of non-ortho nitro benzene ring substituents is 1. The predicted octanol–water partition coefficient (Wildman–Crippen LogP) is 6.64.